The molecule has 0 radical (unpaired) electrons. The second-order valence-corrected chi connectivity index (χ2v) is 9.00. The summed E-state index contributed by atoms with van der Waals surface area (Å²) < 4.78 is 44.3. The molecule has 0 spiro atoms. The fourth-order valence-electron chi connectivity index (χ4n) is 3.45. The van der Waals surface area contributed by atoms with Crippen LogP contribution in [0, 0.1) is 18.3 Å². The summed E-state index contributed by atoms with van der Waals surface area (Å²) in [6.07, 6.45) is 5.30. The van der Waals surface area contributed by atoms with Crippen molar-refractivity contribution in [3.8, 4) is 17.7 Å². The number of nitrogens with zero attached hydrogens (tertiary/aromatic N) is 3. The van der Waals surface area contributed by atoms with Crippen LogP contribution in [-0.2, 0) is 16.6 Å². The van der Waals surface area contributed by atoms with Gasteiger partial charge in [-0.3, -0.25) is 0 Å². The van der Waals surface area contributed by atoms with Gasteiger partial charge in [0.25, 0.3) is 5.89 Å². The fraction of sp³-hybridized carbons (Fsp3) is 0.400. The smallest absolute Gasteiger partial charge is 0.266 e. The van der Waals surface area contributed by atoms with Gasteiger partial charge in [-0.05, 0) is 31.9 Å². The van der Waals surface area contributed by atoms with E-state index in [2.05, 4.69) is 10.3 Å². The molecule has 0 bridgehead atoms. The van der Waals surface area contributed by atoms with Crippen molar-refractivity contribution < 1.29 is 21.7 Å². The van der Waals surface area contributed by atoms with Gasteiger partial charge in [-0.2, -0.15) is 14.6 Å². The number of hydrogen-bond donors (Lipinski definition) is 1. The molecule has 30 heavy (non-hydrogen) atoms. The average molecular weight is 430 g/mol. The molecule has 10 heteroatoms. The first-order valence-corrected chi connectivity index (χ1v) is 11.2. The largest absolute Gasteiger partial charge is 0.467 e. The monoisotopic (exact) mass is 430 g/mol. The first-order valence-electron chi connectivity index (χ1n) is 9.77. The molecule has 1 aliphatic heterocycles. The van der Waals surface area contributed by atoms with Gasteiger partial charge in [0.15, 0.2) is 5.76 Å². The van der Waals surface area contributed by atoms with Crippen LogP contribution in [0.15, 0.2) is 42.6 Å². The van der Waals surface area contributed by atoms with Crippen LogP contribution in [0.25, 0.3) is 11.7 Å². The molecule has 0 aromatic carbocycles. The number of oxazole rings is 1. The summed E-state index contributed by atoms with van der Waals surface area (Å²) in [5.74, 6) is 1.28. The van der Waals surface area contributed by atoms with Crippen LogP contribution in [-0.4, -0.2) is 30.8 Å². The van der Waals surface area contributed by atoms with Crippen molar-refractivity contribution in [3.63, 3.8) is 0 Å². The highest BCUT2D eigenvalue weighted by Crippen LogP contribution is 2.32. The molecule has 0 amide bonds. The highest BCUT2D eigenvalue weighted by molar-refractivity contribution is 7.89. The summed E-state index contributed by atoms with van der Waals surface area (Å²) in [6.45, 7) is 2.90. The lowest BCUT2D eigenvalue weighted by atomic mass is 10.2. The Balaban J connectivity index is 1.60. The molecule has 0 atom stereocenters. The molecule has 0 unspecified atom stereocenters. The molecule has 1 fully saturated rings. The lowest BCUT2D eigenvalue weighted by Crippen LogP contribution is -2.32. The average Bonchev–Trinajstić information content (AvgIpc) is 3.42. The van der Waals surface area contributed by atoms with Crippen LogP contribution in [0.2, 0.25) is 0 Å². The molecular weight excluding hydrogens is 408 g/mol. The Labute approximate surface area is 174 Å². The molecule has 4 heterocycles. The van der Waals surface area contributed by atoms with E-state index >= 15 is 0 Å². The normalized spacial score (nSPS) is 15.6. The minimum Gasteiger partial charge on any atom is -0.467 e. The van der Waals surface area contributed by atoms with E-state index in [1.165, 1.54) is 10.4 Å². The zero-order chi connectivity index (χ0) is 21.1. The minimum absolute atomic E-state index is 0.0360. The SMILES string of the molecule is Cc1oc(-c2nc(C#N)c(NCc3ccco3)o2)cc1S(=O)(=O)N1CCCCCC1. The quantitative estimate of drug-likeness (QED) is 0.624. The van der Waals surface area contributed by atoms with E-state index in [0.717, 1.165) is 25.7 Å². The van der Waals surface area contributed by atoms with E-state index in [0.29, 0.717) is 25.4 Å². The van der Waals surface area contributed by atoms with Crippen LogP contribution in [0.5, 0.6) is 0 Å². The van der Waals surface area contributed by atoms with Crippen LogP contribution in [0.4, 0.5) is 5.88 Å². The Bertz CT molecular complexity index is 1150. The van der Waals surface area contributed by atoms with Gasteiger partial charge in [0.1, 0.15) is 22.5 Å². The number of nitrogens with one attached hydrogen (secondary N) is 1. The zero-order valence-corrected chi connectivity index (χ0v) is 17.4. The number of hydrogen-bond acceptors (Lipinski definition) is 8. The van der Waals surface area contributed by atoms with Crippen molar-refractivity contribution in [2.24, 2.45) is 0 Å². The van der Waals surface area contributed by atoms with E-state index in [9.17, 15) is 13.7 Å². The van der Waals surface area contributed by atoms with Gasteiger partial charge < -0.3 is 18.6 Å². The van der Waals surface area contributed by atoms with Gasteiger partial charge in [0.2, 0.25) is 21.6 Å². The first-order chi connectivity index (χ1) is 14.5. The summed E-state index contributed by atoms with van der Waals surface area (Å²) in [4.78, 5) is 4.24. The van der Waals surface area contributed by atoms with Crippen molar-refractivity contribution in [1.82, 2.24) is 9.29 Å². The maximum Gasteiger partial charge on any atom is 0.266 e. The standard InChI is InChI=1S/C20H22N4O5S/c1-14-18(30(25,26)24-8-4-2-3-5-9-24)11-17(28-14)20-23-16(12-21)19(29-20)22-13-15-7-6-10-27-15/h6-7,10-11,22H,2-5,8-9,13H2,1H3. The summed E-state index contributed by atoms with van der Waals surface area (Å²) in [7, 11) is -3.67. The molecule has 3 aromatic heterocycles. The summed E-state index contributed by atoms with van der Waals surface area (Å²) in [6, 6.07) is 6.92. The highest BCUT2D eigenvalue weighted by Gasteiger charge is 2.30. The van der Waals surface area contributed by atoms with Crippen molar-refractivity contribution in [1.29, 1.82) is 5.26 Å². The van der Waals surface area contributed by atoms with Gasteiger partial charge in [0.05, 0.1) is 12.8 Å². The Morgan fingerprint density at radius 2 is 2.00 bits per heavy atom. The fourth-order valence-corrected chi connectivity index (χ4v) is 5.13. The summed E-state index contributed by atoms with van der Waals surface area (Å²) >= 11 is 0. The van der Waals surface area contributed by atoms with Crippen molar-refractivity contribution in [3.05, 3.63) is 41.7 Å². The molecule has 0 aliphatic carbocycles. The number of sulfonamides is 1. The third kappa shape index (κ3) is 3.99. The van der Waals surface area contributed by atoms with Gasteiger partial charge in [-0.15, -0.1) is 0 Å². The lowest BCUT2D eigenvalue weighted by molar-refractivity contribution is 0.421. The third-order valence-electron chi connectivity index (χ3n) is 5.00. The zero-order valence-electron chi connectivity index (χ0n) is 16.6. The predicted molar refractivity (Wildman–Crippen MR) is 107 cm³/mol. The third-order valence-corrected chi connectivity index (χ3v) is 7.01. The molecule has 3 aromatic rings. The van der Waals surface area contributed by atoms with Gasteiger partial charge in [0, 0.05) is 19.2 Å². The topological polar surface area (TPSA) is 126 Å². The number of anilines is 1. The van der Waals surface area contributed by atoms with E-state index < -0.39 is 10.0 Å². The highest BCUT2D eigenvalue weighted by atomic mass is 32.2. The maximum absolute atomic E-state index is 13.1. The van der Waals surface area contributed by atoms with Crippen molar-refractivity contribution >= 4 is 15.9 Å². The molecule has 9 nitrogen and oxygen atoms in total. The van der Waals surface area contributed by atoms with Gasteiger partial charge in [-0.25, -0.2) is 8.42 Å². The second-order valence-electron chi connectivity index (χ2n) is 7.09. The van der Waals surface area contributed by atoms with Crippen LogP contribution in [0.3, 0.4) is 0 Å². The minimum atomic E-state index is -3.67. The Kier molecular flexibility index (Phi) is 5.65. The molecule has 158 valence electrons. The molecule has 0 saturated carbocycles. The first kappa shape index (κ1) is 20.3. The number of aryl methyl sites for hydroxylation is 1. The number of nitriles is 1. The number of rotatable bonds is 6. The van der Waals surface area contributed by atoms with Gasteiger partial charge in [-0.1, -0.05) is 12.8 Å². The van der Waals surface area contributed by atoms with Crippen LogP contribution < -0.4 is 5.32 Å². The second kappa shape index (κ2) is 8.38. The number of aromatic nitrogens is 1. The summed E-state index contributed by atoms with van der Waals surface area (Å²) in [5.41, 5.74) is 0.0440. The van der Waals surface area contributed by atoms with E-state index in [1.807, 2.05) is 6.07 Å². The predicted octanol–water partition coefficient (Wildman–Crippen LogP) is 3.88. The maximum atomic E-state index is 13.1. The van der Waals surface area contributed by atoms with E-state index in [1.54, 1.807) is 25.3 Å². The summed E-state index contributed by atoms with van der Waals surface area (Å²) in [5, 5.41) is 12.3. The van der Waals surface area contributed by atoms with Crippen molar-refractivity contribution in [2.45, 2.75) is 44.0 Å². The molecule has 4 rings (SSSR count). The lowest BCUT2D eigenvalue weighted by Gasteiger charge is -2.19. The molecular formula is C20H22N4O5S. The molecule has 1 saturated heterocycles. The Morgan fingerprint density at radius 3 is 2.67 bits per heavy atom. The Morgan fingerprint density at radius 1 is 1.23 bits per heavy atom. The number of furan rings is 2. The van der Waals surface area contributed by atoms with Crippen LogP contribution in [0.1, 0.15) is 42.9 Å². The van der Waals surface area contributed by atoms with Crippen LogP contribution >= 0.6 is 0 Å². The van der Waals surface area contributed by atoms with Gasteiger partial charge >= 0.3 is 0 Å². The van der Waals surface area contributed by atoms with E-state index in [-0.39, 0.29) is 33.9 Å². The Hall–Kier alpha value is -3.03. The molecule has 1 aliphatic rings. The van der Waals surface area contributed by atoms with Crippen molar-refractivity contribution in [2.75, 3.05) is 18.4 Å². The van der Waals surface area contributed by atoms with E-state index in [4.69, 9.17) is 13.3 Å². The molecule has 1 N–H and O–H groups in total.